The predicted molar refractivity (Wildman–Crippen MR) is 93.2 cm³/mol. The summed E-state index contributed by atoms with van der Waals surface area (Å²) in [7, 11) is 0. The van der Waals surface area contributed by atoms with Gasteiger partial charge >= 0.3 is 5.69 Å². The highest BCUT2D eigenvalue weighted by atomic mass is 32.1. The molecule has 23 heavy (non-hydrogen) atoms. The van der Waals surface area contributed by atoms with Crippen molar-refractivity contribution in [2.24, 2.45) is 11.8 Å². The van der Waals surface area contributed by atoms with Crippen LogP contribution < -0.4 is 22.0 Å². The summed E-state index contributed by atoms with van der Waals surface area (Å²) in [5.74, 6) is 1.46. The Morgan fingerprint density at radius 1 is 1.22 bits per heavy atom. The Morgan fingerprint density at radius 2 is 2.04 bits per heavy atom. The number of H-pyrrole nitrogens is 1. The zero-order chi connectivity index (χ0) is 16.0. The number of para-hydroxylation sites is 1. The number of aromatic nitrogens is 2. The van der Waals surface area contributed by atoms with E-state index in [-0.39, 0.29) is 0 Å². The van der Waals surface area contributed by atoms with Crippen LogP contribution in [-0.2, 0) is 0 Å². The van der Waals surface area contributed by atoms with E-state index in [0.29, 0.717) is 28.0 Å². The number of rotatable bonds is 2. The molecule has 1 aromatic carbocycles. The second-order valence-corrected chi connectivity index (χ2v) is 6.89. The Balaban J connectivity index is 1.56. The first-order chi connectivity index (χ1) is 11.1. The van der Waals surface area contributed by atoms with E-state index in [2.05, 4.69) is 15.7 Å². The van der Waals surface area contributed by atoms with Crippen LogP contribution in [0.5, 0.6) is 0 Å². The minimum atomic E-state index is -0.522. The number of nitrogens with zero attached hydrogens (tertiary/aromatic N) is 1. The minimum Gasteiger partial charge on any atom is -0.358 e. The molecule has 0 amide bonds. The van der Waals surface area contributed by atoms with Crippen LogP contribution in [0.4, 0.5) is 0 Å². The van der Waals surface area contributed by atoms with Gasteiger partial charge in [-0.25, -0.2) is 4.79 Å². The van der Waals surface area contributed by atoms with Crippen LogP contribution in [-0.4, -0.2) is 20.8 Å². The third-order valence-electron chi connectivity index (χ3n) is 5.07. The SMILES string of the molecule is O=c1[nH]c2ccccc2c(=O)n1NC(=S)N[C@@H]1C[C@H]2CC[C@H]1C2. The lowest BCUT2D eigenvalue weighted by Crippen LogP contribution is -2.49. The van der Waals surface area contributed by atoms with Crippen LogP contribution >= 0.6 is 12.2 Å². The fourth-order valence-corrected chi connectivity index (χ4v) is 4.23. The topological polar surface area (TPSA) is 78.9 Å². The molecule has 2 bridgehead atoms. The van der Waals surface area contributed by atoms with E-state index >= 15 is 0 Å². The summed E-state index contributed by atoms with van der Waals surface area (Å²) < 4.78 is 0.935. The standard InChI is InChI=1S/C16H18N4O2S/c21-14-11-3-1-2-4-12(11)18-16(22)20(14)19-15(23)17-13-8-9-5-6-10(13)7-9/h1-4,9-10,13H,5-8H2,(H,18,22)(H2,17,19,23)/t9-,10-,13+/m0/s1. The fourth-order valence-electron chi connectivity index (χ4n) is 3.99. The molecule has 2 saturated carbocycles. The Hall–Kier alpha value is -2.15. The zero-order valence-corrected chi connectivity index (χ0v) is 13.4. The van der Waals surface area contributed by atoms with Crippen LogP contribution in [0.3, 0.4) is 0 Å². The Kier molecular flexibility index (Phi) is 3.45. The van der Waals surface area contributed by atoms with E-state index in [1.807, 2.05) is 0 Å². The molecule has 6 nitrogen and oxygen atoms in total. The van der Waals surface area contributed by atoms with Gasteiger partial charge in [0.15, 0.2) is 5.11 Å². The molecule has 2 aliphatic rings. The lowest BCUT2D eigenvalue weighted by molar-refractivity contribution is 0.391. The maximum Gasteiger partial charge on any atom is 0.348 e. The van der Waals surface area contributed by atoms with Crippen molar-refractivity contribution in [1.82, 2.24) is 15.0 Å². The molecule has 0 radical (unpaired) electrons. The first kappa shape index (κ1) is 14.4. The van der Waals surface area contributed by atoms with Crippen LogP contribution in [0, 0.1) is 11.8 Å². The molecule has 3 N–H and O–H groups in total. The molecule has 120 valence electrons. The average Bonchev–Trinajstić information content (AvgIpc) is 3.14. The molecule has 1 heterocycles. The first-order valence-corrected chi connectivity index (χ1v) is 8.34. The van der Waals surface area contributed by atoms with E-state index in [9.17, 15) is 9.59 Å². The van der Waals surface area contributed by atoms with Gasteiger partial charge in [0, 0.05) is 6.04 Å². The highest BCUT2D eigenvalue weighted by Crippen LogP contribution is 2.44. The quantitative estimate of drug-likeness (QED) is 0.723. The molecular weight excluding hydrogens is 312 g/mol. The molecule has 2 fully saturated rings. The summed E-state index contributed by atoms with van der Waals surface area (Å²) in [6.07, 6.45) is 4.93. The number of hydrogen-bond donors (Lipinski definition) is 3. The van der Waals surface area contributed by atoms with Crippen molar-refractivity contribution in [3.63, 3.8) is 0 Å². The lowest BCUT2D eigenvalue weighted by atomic mass is 9.96. The van der Waals surface area contributed by atoms with Crippen LogP contribution in [0.25, 0.3) is 10.9 Å². The Morgan fingerprint density at radius 3 is 2.78 bits per heavy atom. The molecule has 0 spiro atoms. The van der Waals surface area contributed by atoms with Crippen molar-refractivity contribution in [2.75, 3.05) is 5.43 Å². The molecule has 4 rings (SSSR count). The lowest BCUT2D eigenvalue weighted by Gasteiger charge is -2.24. The molecule has 3 atom stereocenters. The molecule has 0 aliphatic heterocycles. The monoisotopic (exact) mass is 330 g/mol. The summed E-state index contributed by atoms with van der Waals surface area (Å²) >= 11 is 5.30. The average molecular weight is 330 g/mol. The number of thiocarbonyl (C=S) groups is 1. The van der Waals surface area contributed by atoms with Gasteiger partial charge in [-0.3, -0.25) is 10.2 Å². The van der Waals surface area contributed by atoms with Crippen molar-refractivity contribution >= 4 is 28.2 Å². The van der Waals surface area contributed by atoms with E-state index in [1.54, 1.807) is 24.3 Å². The van der Waals surface area contributed by atoms with Crippen molar-refractivity contribution < 1.29 is 0 Å². The van der Waals surface area contributed by atoms with Crippen molar-refractivity contribution in [2.45, 2.75) is 31.7 Å². The van der Waals surface area contributed by atoms with Gasteiger partial charge in [0.25, 0.3) is 5.56 Å². The second kappa shape index (κ2) is 5.49. The van der Waals surface area contributed by atoms with Gasteiger partial charge in [-0.1, -0.05) is 18.6 Å². The fraction of sp³-hybridized carbons (Fsp3) is 0.438. The third-order valence-corrected chi connectivity index (χ3v) is 5.28. The Labute approximate surface area is 137 Å². The molecule has 1 aromatic heterocycles. The summed E-state index contributed by atoms with van der Waals surface area (Å²) in [4.78, 5) is 27.2. The third kappa shape index (κ3) is 2.55. The van der Waals surface area contributed by atoms with Gasteiger partial charge in [-0.2, -0.15) is 4.68 Å². The number of hydrogen-bond acceptors (Lipinski definition) is 3. The second-order valence-electron chi connectivity index (χ2n) is 6.48. The van der Waals surface area contributed by atoms with Gasteiger partial charge < -0.3 is 10.3 Å². The zero-order valence-electron chi connectivity index (χ0n) is 12.5. The van der Waals surface area contributed by atoms with Crippen LogP contribution in [0.2, 0.25) is 0 Å². The predicted octanol–water partition coefficient (Wildman–Crippen LogP) is 1.30. The normalized spacial score (nSPS) is 25.7. The van der Waals surface area contributed by atoms with E-state index < -0.39 is 11.2 Å². The van der Waals surface area contributed by atoms with Crippen molar-refractivity contribution in [1.29, 1.82) is 0 Å². The molecule has 0 saturated heterocycles. The highest BCUT2D eigenvalue weighted by Gasteiger charge is 2.39. The maximum absolute atomic E-state index is 12.4. The summed E-state index contributed by atoms with van der Waals surface area (Å²) in [6.45, 7) is 0. The maximum atomic E-state index is 12.4. The molecule has 0 unspecified atom stereocenters. The Bertz CT molecular complexity index is 888. The molecule has 2 aromatic rings. The number of nitrogens with one attached hydrogen (secondary N) is 3. The van der Waals surface area contributed by atoms with Gasteiger partial charge in [-0.05, 0) is 55.4 Å². The van der Waals surface area contributed by atoms with Crippen LogP contribution in [0.15, 0.2) is 33.9 Å². The van der Waals surface area contributed by atoms with Gasteiger partial charge in [0.2, 0.25) is 0 Å². The number of aromatic amines is 1. The van der Waals surface area contributed by atoms with Crippen LogP contribution in [0.1, 0.15) is 25.7 Å². The van der Waals surface area contributed by atoms with Gasteiger partial charge in [0.05, 0.1) is 10.9 Å². The first-order valence-electron chi connectivity index (χ1n) is 7.93. The minimum absolute atomic E-state index is 0.324. The van der Waals surface area contributed by atoms with E-state index in [0.717, 1.165) is 17.0 Å². The van der Waals surface area contributed by atoms with Crippen molar-refractivity contribution in [3.8, 4) is 0 Å². The van der Waals surface area contributed by atoms with Gasteiger partial charge in [-0.15, -0.1) is 0 Å². The largest absolute Gasteiger partial charge is 0.358 e. The van der Waals surface area contributed by atoms with E-state index in [1.165, 1.54) is 19.3 Å². The van der Waals surface area contributed by atoms with Gasteiger partial charge in [0.1, 0.15) is 0 Å². The number of benzene rings is 1. The number of fused-ring (bicyclic) bond motifs is 3. The van der Waals surface area contributed by atoms with Crippen molar-refractivity contribution in [3.05, 3.63) is 45.1 Å². The smallest absolute Gasteiger partial charge is 0.348 e. The summed E-state index contributed by atoms with van der Waals surface area (Å²) in [5.41, 5.74) is 2.33. The molecule has 2 aliphatic carbocycles. The van der Waals surface area contributed by atoms with E-state index in [4.69, 9.17) is 12.2 Å². The molecular formula is C16H18N4O2S. The summed E-state index contributed by atoms with van der Waals surface area (Å²) in [6, 6.07) is 7.27. The highest BCUT2D eigenvalue weighted by molar-refractivity contribution is 7.80. The summed E-state index contributed by atoms with van der Waals surface area (Å²) in [5, 5.41) is 4.04. The molecule has 7 heteroatoms.